The number of rotatable bonds is 10. The van der Waals surface area contributed by atoms with E-state index in [1.807, 2.05) is 30.3 Å². The van der Waals surface area contributed by atoms with Gasteiger partial charge < -0.3 is 30.2 Å². The van der Waals surface area contributed by atoms with Crippen LogP contribution in [-0.4, -0.2) is 81.6 Å². The lowest BCUT2D eigenvalue weighted by Gasteiger charge is -2.46. The summed E-state index contributed by atoms with van der Waals surface area (Å²) in [5.41, 5.74) is 1.33. The number of allylic oxidation sites excluding steroid dienone is 1. The molecule has 2 amide bonds. The molecule has 47 heavy (non-hydrogen) atoms. The van der Waals surface area contributed by atoms with Gasteiger partial charge in [-0.25, -0.2) is 24.7 Å². The minimum absolute atomic E-state index is 0.0311. The van der Waals surface area contributed by atoms with Crippen LogP contribution in [0.2, 0.25) is 0 Å². The first-order valence-electron chi connectivity index (χ1n) is 15.1. The smallest absolute Gasteiger partial charge is 0.423 e. The van der Waals surface area contributed by atoms with Gasteiger partial charge >= 0.3 is 18.2 Å². The SMILES string of the molecule is COC1(N(C(=O)NCc2ccccc2)C2CCC(Nc3ncc(C(F)(F)F)c(OC4COC4)n3)CC2)N=CC(c2cncnc2)=CN1. The quantitative estimate of drug-likeness (QED) is 0.275. The molecule has 2 aromatic heterocycles. The Kier molecular flexibility index (Phi) is 9.49. The van der Waals surface area contributed by atoms with Crippen molar-refractivity contribution in [2.45, 2.75) is 62.6 Å². The van der Waals surface area contributed by atoms with Gasteiger partial charge in [-0.1, -0.05) is 30.3 Å². The number of ether oxygens (including phenoxy) is 3. The molecular weight excluding hydrogens is 619 g/mol. The second kappa shape index (κ2) is 13.9. The number of hydrogen-bond donors (Lipinski definition) is 3. The van der Waals surface area contributed by atoms with E-state index in [-0.39, 0.29) is 37.3 Å². The Hall–Kier alpha value is -4.83. The third kappa shape index (κ3) is 7.44. The highest BCUT2D eigenvalue weighted by Crippen LogP contribution is 2.37. The van der Waals surface area contributed by atoms with E-state index in [0.29, 0.717) is 37.8 Å². The number of nitrogens with one attached hydrogen (secondary N) is 3. The van der Waals surface area contributed by atoms with Crippen LogP contribution in [0.25, 0.3) is 5.57 Å². The normalized spacial score (nSPS) is 22.8. The highest BCUT2D eigenvalue weighted by Gasteiger charge is 2.46. The molecule has 13 nitrogen and oxygen atoms in total. The first-order chi connectivity index (χ1) is 22.7. The number of nitrogens with zero attached hydrogens (tertiary/aromatic N) is 6. The number of aromatic nitrogens is 4. The highest BCUT2D eigenvalue weighted by molar-refractivity contribution is 6.10. The Morgan fingerprint density at radius 2 is 1.85 bits per heavy atom. The van der Waals surface area contributed by atoms with Crippen LogP contribution in [0.4, 0.5) is 23.9 Å². The van der Waals surface area contributed by atoms with Crippen molar-refractivity contribution in [3.05, 3.63) is 78.1 Å². The third-order valence-electron chi connectivity index (χ3n) is 8.14. The molecule has 2 aliphatic heterocycles. The maximum atomic E-state index is 13.9. The van der Waals surface area contributed by atoms with Gasteiger partial charge in [0.2, 0.25) is 11.8 Å². The summed E-state index contributed by atoms with van der Waals surface area (Å²) in [6.07, 6.45) is 5.82. The molecule has 3 N–H and O–H groups in total. The summed E-state index contributed by atoms with van der Waals surface area (Å²) in [6.45, 7) is 0.688. The molecule has 3 aliphatic rings. The van der Waals surface area contributed by atoms with Crippen LogP contribution in [0.3, 0.4) is 0 Å². The summed E-state index contributed by atoms with van der Waals surface area (Å²) >= 11 is 0. The molecule has 1 saturated heterocycles. The molecule has 1 aliphatic carbocycles. The largest absolute Gasteiger partial charge is 0.469 e. The maximum Gasteiger partial charge on any atom is 0.423 e. The number of amides is 2. The van der Waals surface area contributed by atoms with Crippen LogP contribution in [0.5, 0.6) is 5.88 Å². The average Bonchev–Trinajstić information content (AvgIpc) is 3.07. The molecule has 248 valence electrons. The number of alkyl halides is 3. The van der Waals surface area contributed by atoms with Crippen molar-refractivity contribution in [3.8, 4) is 5.88 Å². The highest BCUT2D eigenvalue weighted by atomic mass is 19.4. The van der Waals surface area contributed by atoms with Crippen molar-refractivity contribution >= 4 is 23.8 Å². The molecule has 2 fully saturated rings. The summed E-state index contributed by atoms with van der Waals surface area (Å²) in [5.74, 6) is -2.04. The first kappa shape index (κ1) is 32.1. The monoisotopic (exact) mass is 653 g/mol. The number of urea groups is 1. The van der Waals surface area contributed by atoms with Crippen LogP contribution >= 0.6 is 0 Å². The Balaban J connectivity index is 1.17. The molecule has 1 aromatic carbocycles. The fraction of sp³-hybridized carbons (Fsp3) is 0.419. The van der Waals surface area contributed by atoms with E-state index in [0.717, 1.165) is 17.3 Å². The van der Waals surface area contributed by atoms with Gasteiger partial charge in [0.25, 0.3) is 0 Å². The van der Waals surface area contributed by atoms with Gasteiger partial charge in [-0.2, -0.15) is 18.2 Å². The van der Waals surface area contributed by atoms with Crippen molar-refractivity contribution in [1.29, 1.82) is 0 Å². The summed E-state index contributed by atoms with van der Waals surface area (Å²) in [4.78, 5) is 36.3. The number of anilines is 1. The second-order valence-electron chi connectivity index (χ2n) is 11.3. The van der Waals surface area contributed by atoms with Gasteiger partial charge in [0.05, 0.1) is 13.2 Å². The predicted molar refractivity (Wildman–Crippen MR) is 164 cm³/mol. The fourth-order valence-electron chi connectivity index (χ4n) is 5.58. The van der Waals surface area contributed by atoms with Gasteiger partial charge in [0.15, 0.2) is 0 Å². The van der Waals surface area contributed by atoms with Crippen LogP contribution in [0.15, 0.2) is 66.4 Å². The van der Waals surface area contributed by atoms with E-state index >= 15 is 0 Å². The Labute approximate surface area is 268 Å². The number of methoxy groups -OCH3 is 1. The third-order valence-corrected chi connectivity index (χ3v) is 8.14. The van der Waals surface area contributed by atoms with Gasteiger partial charge in [0, 0.05) is 67.9 Å². The zero-order valence-corrected chi connectivity index (χ0v) is 25.5. The van der Waals surface area contributed by atoms with Gasteiger partial charge in [-0.3, -0.25) is 4.90 Å². The van der Waals surface area contributed by atoms with Gasteiger partial charge in [0.1, 0.15) is 18.0 Å². The van der Waals surface area contributed by atoms with E-state index in [9.17, 15) is 18.0 Å². The summed E-state index contributed by atoms with van der Waals surface area (Å²) in [6, 6.07) is 8.67. The molecule has 1 atom stereocenters. The average molecular weight is 654 g/mol. The topological polar surface area (TPSA) is 148 Å². The summed E-state index contributed by atoms with van der Waals surface area (Å²) in [7, 11) is 1.47. The minimum atomic E-state index is -4.67. The number of benzene rings is 1. The molecule has 0 bridgehead atoms. The molecule has 16 heteroatoms. The lowest BCUT2D eigenvalue weighted by atomic mass is 9.90. The van der Waals surface area contributed by atoms with E-state index in [1.165, 1.54) is 13.4 Å². The second-order valence-corrected chi connectivity index (χ2v) is 11.3. The van der Waals surface area contributed by atoms with Crippen molar-refractivity contribution in [2.75, 3.05) is 25.6 Å². The minimum Gasteiger partial charge on any atom is -0.469 e. The summed E-state index contributed by atoms with van der Waals surface area (Å²) in [5, 5.41) is 9.34. The number of carbonyl (C=O) groups excluding carboxylic acids is 1. The molecule has 6 rings (SSSR count). The predicted octanol–water partition coefficient (Wildman–Crippen LogP) is 3.97. The number of aliphatic imine (C=N–C) groups is 1. The Morgan fingerprint density at radius 3 is 2.47 bits per heavy atom. The number of hydrogen-bond acceptors (Lipinski definition) is 11. The van der Waals surface area contributed by atoms with Crippen LogP contribution in [0.1, 0.15) is 42.4 Å². The Bertz CT molecular complexity index is 1580. The zero-order valence-electron chi connectivity index (χ0n) is 25.5. The molecule has 0 radical (unpaired) electrons. The van der Waals surface area contributed by atoms with Crippen LogP contribution in [-0.2, 0) is 22.2 Å². The van der Waals surface area contributed by atoms with E-state index in [4.69, 9.17) is 14.2 Å². The zero-order chi connectivity index (χ0) is 32.9. The lowest BCUT2D eigenvalue weighted by Crippen LogP contribution is -2.66. The van der Waals surface area contributed by atoms with Gasteiger partial charge in [-0.05, 0) is 31.2 Å². The molecule has 3 aromatic rings. The molecule has 4 heterocycles. The first-order valence-corrected chi connectivity index (χ1v) is 15.1. The molecule has 1 unspecified atom stereocenters. The van der Waals surface area contributed by atoms with E-state index in [1.54, 1.807) is 29.7 Å². The maximum absolute atomic E-state index is 13.9. The fourth-order valence-corrected chi connectivity index (χ4v) is 5.58. The summed E-state index contributed by atoms with van der Waals surface area (Å²) < 4.78 is 57.1. The van der Waals surface area contributed by atoms with Crippen molar-refractivity contribution in [3.63, 3.8) is 0 Å². The number of halogens is 3. The van der Waals surface area contributed by atoms with Crippen LogP contribution in [0, 0.1) is 0 Å². The van der Waals surface area contributed by atoms with Crippen molar-refractivity contribution in [1.82, 2.24) is 35.5 Å². The van der Waals surface area contributed by atoms with Gasteiger partial charge in [-0.15, -0.1) is 0 Å². The lowest BCUT2D eigenvalue weighted by molar-refractivity contribution is -0.143. The standard InChI is InChI=1S/C31H34F3N9O4/c1-45-31(39-14-22(15-40-31)21-12-35-19-36-13-21)43(29(44)38-11-20-5-3-2-4-6-20)24-9-7-23(8-10-24)41-28-37-16-26(30(32,33)34)27(42-28)47-25-17-46-18-25/h2-6,12-16,19,23-25,39H,7-11,17-18H2,1H3,(H,38,44)(H,37,41,42). The molecule has 0 spiro atoms. The van der Waals surface area contributed by atoms with Crippen molar-refractivity contribution in [2.24, 2.45) is 4.99 Å². The van der Waals surface area contributed by atoms with Crippen LogP contribution < -0.4 is 20.7 Å². The van der Waals surface area contributed by atoms with Crippen molar-refractivity contribution < 1.29 is 32.2 Å². The van der Waals surface area contributed by atoms with E-state index < -0.39 is 29.7 Å². The number of carbonyl (C=O) groups is 1. The molecular formula is C31H34F3N9O4. The molecule has 1 saturated carbocycles. The Morgan fingerprint density at radius 1 is 1.11 bits per heavy atom. The van der Waals surface area contributed by atoms with E-state index in [2.05, 4.69) is 40.9 Å².